The zero-order chi connectivity index (χ0) is 18.3. The average Bonchev–Trinajstić information content (AvgIpc) is 3.28. The van der Waals surface area contributed by atoms with E-state index in [1.807, 2.05) is 10.7 Å². The van der Waals surface area contributed by atoms with Crippen molar-refractivity contribution in [2.75, 3.05) is 6.54 Å². The Balaban J connectivity index is 1.54. The number of aliphatic hydroxyl groups excluding tert-OH is 1. The summed E-state index contributed by atoms with van der Waals surface area (Å²) in [4.78, 5) is 14.4. The minimum absolute atomic E-state index is 0.203. The van der Waals surface area contributed by atoms with Crippen LogP contribution >= 0.6 is 0 Å². The molecule has 0 fully saturated rings. The molecule has 7 nitrogen and oxygen atoms in total. The molecule has 0 aliphatic carbocycles. The third kappa shape index (κ3) is 2.88. The molecule has 0 saturated heterocycles. The predicted molar refractivity (Wildman–Crippen MR) is 91.6 cm³/mol. The monoisotopic (exact) mass is 355 g/mol. The maximum atomic E-state index is 13.9. The zero-order valence-electron chi connectivity index (χ0n) is 14.2. The van der Waals surface area contributed by atoms with Crippen LogP contribution in [0.15, 0.2) is 36.4 Å². The first kappa shape index (κ1) is 16.5. The third-order valence-corrected chi connectivity index (χ3v) is 4.49. The summed E-state index contributed by atoms with van der Waals surface area (Å²) in [6.07, 6.45) is -0.645. The van der Waals surface area contributed by atoms with Gasteiger partial charge in [0.05, 0.1) is 36.3 Å². The van der Waals surface area contributed by atoms with Gasteiger partial charge in [-0.3, -0.25) is 14.6 Å². The lowest BCUT2D eigenvalue weighted by atomic mass is 10.1. The van der Waals surface area contributed by atoms with Crippen molar-refractivity contribution in [3.63, 3.8) is 0 Å². The van der Waals surface area contributed by atoms with Crippen molar-refractivity contribution < 1.29 is 14.3 Å². The summed E-state index contributed by atoms with van der Waals surface area (Å²) in [6.45, 7) is 3.11. The molecule has 1 atom stereocenters. The Morgan fingerprint density at radius 2 is 2.12 bits per heavy atom. The Hall–Kier alpha value is -3.00. The van der Waals surface area contributed by atoms with E-state index in [0.29, 0.717) is 42.3 Å². The van der Waals surface area contributed by atoms with Gasteiger partial charge in [0.25, 0.3) is 5.91 Å². The van der Waals surface area contributed by atoms with Crippen LogP contribution in [-0.2, 0) is 13.1 Å². The molecule has 3 heterocycles. The van der Waals surface area contributed by atoms with E-state index < -0.39 is 6.10 Å². The number of aromatic nitrogens is 4. The average molecular weight is 355 g/mol. The summed E-state index contributed by atoms with van der Waals surface area (Å²) in [5.74, 6) is -0.586. The second-order valence-corrected chi connectivity index (χ2v) is 6.33. The van der Waals surface area contributed by atoms with E-state index in [4.69, 9.17) is 0 Å². The minimum atomic E-state index is -0.645. The van der Waals surface area contributed by atoms with Crippen molar-refractivity contribution in [2.24, 2.45) is 0 Å². The van der Waals surface area contributed by atoms with Crippen LogP contribution in [-0.4, -0.2) is 42.4 Å². The molecule has 0 spiro atoms. The molecule has 1 aliphatic heterocycles. The van der Waals surface area contributed by atoms with Crippen LogP contribution in [0, 0.1) is 5.82 Å². The first-order valence-electron chi connectivity index (χ1n) is 8.37. The van der Waals surface area contributed by atoms with Gasteiger partial charge in [0.2, 0.25) is 0 Å². The predicted octanol–water partition coefficient (Wildman–Crippen LogP) is 2.12. The Kier molecular flexibility index (Phi) is 4.04. The summed E-state index contributed by atoms with van der Waals surface area (Å²) in [7, 11) is 0. The Morgan fingerprint density at radius 1 is 1.31 bits per heavy atom. The molecular formula is C18H18FN5O2. The largest absolute Gasteiger partial charge is 0.387 e. The zero-order valence-corrected chi connectivity index (χ0v) is 14.2. The van der Waals surface area contributed by atoms with E-state index in [1.165, 1.54) is 6.07 Å². The number of aromatic amines is 1. The highest BCUT2D eigenvalue weighted by Crippen LogP contribution is 2.23. The maximum absolute atomic E-state index is 13.9. The normalized spacial score (nSPS) is 15.0. The number of H-pyrrole nitrogens is 1. The Labute approximate surface area is 149 Å². The minimum Gasteiger partial charge on any atom is -0.387 e. The summed E-state index contributed by atoms with van der Waals surface area (Å²) in [5, 5.41) is 20.8. The molecule has 134 valence electrons. The fraction of sp³-hybridized carbons (Fsp3) is 0.278. The Bertz CT molecular complexity index is 962. The van der Waals surface area contributed by atoms with Crippen LogP contribution in [0.1, 0.15) is 34.9 Å². The number of nitrogens with zero attached hydrogens (tertiary/aromatic N) is 4. The van der Waals surface area contributed by atoms with Crippen molar-refractivity contribution >= 4 is 5.91 Å². The quantitative estimate of drug-likeness (QED) is 0.753. The van der Waals surface area contributed by atoms with Crippen molar-refractivity contribution in [3.8, 4) is 11.3 Å². The van der Waals surface area contributed by atoms with Gasteiger partial charge in [-0.15, -0.1) is 0 Å². The summed E-state index contributed by atoms with van der Waals surface area (Å²) >= 11 is 0. The standard InChI is InChI=1S/C18H18FN5O2/c1-11(25)15-8-12-10-23(6-7-24(12)22-15)18(26)17-9-16(20-21-17)13-4-2-3-5-14(13)19/h2-5,8-9,11,25H,6-7,10H2,1H3,(H,20,21)/t11-/m0/s1. The molecule has 2 aromatic heterocycles. The molecule has 8 heteroatoms. The Morgan fingerprint density at radius 3 is 2.88 bits per heavy atom. The number of hydrogen-bond acceptors (Lipinski definition) is 4. The van der Waals surface area contributed by atoms with Crippen LogP contribution < -0.4 is 0 Å². The van der Waals surface area contributed by atoms with Gasteiger partial charge < -0.3 is 10.0 Å². The number of rotatable bonds is 3. The number of benzene rings is 1. The van der Waals surface area contributed by atoms with Gasteiger partial charge in [0.15, 0.2) is 0 Å². The molecule has 1 amide bonds. The summed E-state index contributed by atoms with van der Waals surface area (Å²) in [6, 6.07) is 9.68. The first-order valence-corrected chi connectivity index (χ1v) is 8.37. The van der Waals surface area contributed by atoms with Gasteiger partial charge in [0, 0.05) is 12.1 Å². The highest BCUT2D eigenvalue weighted by Gasteiger charge is 2.25. The van der Waals surface area contributed by atoms with Crippen molar-refractivity contribution in [2.45, 2.75) is 26.1 Å². The van der Waals surface area contributed by atoms with Crippen LogP contribution in [0.5, 0.6) is 0 Å². The molecule has 2 N–H and O–H groups in total. The second-order valence-electron chi connectivity index (χ2n) is 6.33. The van der Waals surface area contributed by atoms with Crippen molar-refractivity contribution in [3.05, 3.63) is 59.3 Å². The molecule has 3 aromatic rings. The van der Waals surface area contributed by atoms with E-state index >= 15 is 0 Å². The van der Waals surface area contributed by atoms with Crippen LogP contribution in [0.2, 0.25) is 0 Å². The number of amides is 1. The van der Waals surface area contributed by atoms with E-state index in [0.717, 1.165) is 5.69 Å². The number of nitrogens with one attached hydrogen (secondary N) is 1. The lowest BCUT2D eigenvalue weighted by molar-refractivity contribution is 0.0699. The highest BCUT2D eigenvalue weighted by molar-refractivity contribution is 5.93. The fourth-order valence-corrected chi connectivity index (χ4v) is 3.07. The van der Waals surface area contributed by atoms with Crippen LogP contribution in [0.3, 0.4) is 0 Å². The molecule has 0 saturated carbocycles. The van der Waals surface area contributed by atoms with E-state index in [2.05, 4.69) is 15.3 Å². The summed E-state index contributed by atoms with van der Waals surface area (Å²) < 4.78 is 15.7. The smallest absolute Gasteiger partial charge is 0.272 e. The van der Waals surface area contributed by atoms with Gasteiger partial charge in [-0.05, 0) is 31.2 Å². The topological polar surface area (TPSA) is 87.0 Å². The summed E-state index contributed by atoms with van der Waals surface area (Å²) in [5.41, 5.74) is 2.52. The van der Waals surface area contributed by atoms with E-state index in [9.17, 15) is 14.3 Å². The number of hydrogen-bond donors (Lipinski definition) is 2. The lowest BCUT2D eigenvalue weighted by Crippen LogP contribution is -2.38. The molecule has 1 aliphatic rings. The number of carbonyl (C=O) groups is 1. The molecule has 0 unspecified atom stereocenters. The van der Waals surface area contributed by atoms with Crippen molar-refractivity contribution in [1.29, 1.82) is 0 Å². The van der Waals surface area contributed by atoms with Gasteiger partial charge in [-0.2, -0.15) is 10.2 Å². The molecule has 0 bridgehead atoms. The second kappa shape index (κ2) is 6.38. The lowest BCUT2D eigenvalue weighted by Gasteiger charge is -2.27. The maximum Gasteiger partial charge on any atom is 0.272 e. The van der Waals surface area contributed by atoms with Crippen molar-refractivity contribution in [1.82, 2.24) is 24.9 Å². The fourth-order valence-electron chi connectivity index (χ4n) is 3.07. The van der Waals surface area contributed by atoms with Gasteiger partial charge in [-0.1, -0.05) is 12.1 Å². The molecular weight excluding hydrogens is 337 g/mol. The highest BCUT2D eigenvalue weighted by atomic mass is 19.1. The first-order chi connectivity index (χ1) is 12.5. The third-order valence-electron chi connectivity index (χ3n) is 4.49. The van der Waals surface area contributed by atoms with Gasteiger partial charge in [-0.25, -0.2) is 4.39 Å². The molecule has 4 rings (SSSR count). The number of carbonyl (C=O) groups excluding carboxylic acids is 1. The molecule has 1 aromatic carbocycles. The number of aliphatic hydroxyl groups is 1. The van der Waals surface area contributed by atoms with E-state index in [1.54, 1.807) is 36.1 Å². The van der Waals surface area contributed by atoms with Gasteiger partial charge >= 0.3 is 0 Å². The van der Waals surface area contributed by atoms with Gasteiger partial charge in [0.1, 0.15) is 11.5 Å². The number of fused-ring (bicyclic) bond motifs is 1. The molecule has 0 radical (unpaired) electrons. The molecule has 26 heavy (non-hydrogen) atoms. The van der Waals surface area contributed by atoms with E-state index in [-0.39, 0.29) is 11.7 Å². The van der Waals surface area contributed by atoms with Crippen LogP contribution in [0.25, 0.3) is 11.3 Å². The van der Waals surface area contributed by atoms with Crippen LogP contribution in [0.4, 0.5) is 4.39 Å². The SMILES string of the molecule is C[C@H](O)c1cc2n(n1)CCN(C(=O)c1cc(-c3ccccc3F)n[nH]1)C2. The number of halogens is 1.